The summed E-state index contributed by atoms with van der Waals surface area (Å²) in [6.45, 7) is 6.84. The summed E-state index contributed by atoms with van der Waals surface area (Å²) < 4.78 is 5.00. The zero-order chi connectivity index (χ0) is 10.1. The summed E-state index contributed by atoms with van der Waals surface area (Å²) in [4.78, 5) is 0. The van der Waals surface area contributed by atoms with Gasteiger partial charge in [0.15, 0.2) is 0 Å². The molecule has 0 aromatic rings. The first-order valence-electron chi connectivity index (χ1n) is 3.73. The Balaban J connectivity index is 3.16. The van der Waals surface area contributed by atoms with Crippen LogP contribution in [0.3, 0.4) is 0 Å². The maximum Gasteiger partial charge on any atom is 0.0831 e. The second-order valence-corrected chi connectivity index (χ2v) is 3.93. The number of hydrogen-bond donors (Lipinski definition) is 2. The minimum atomic E-state index is -0.546. The Morgan fingerprint density at radius 2 is 1.46 bits per heavy atom. The van der Waals surface area contributed by atoms with Crippen molar-refractivity contribution in [2.24, 2.45) is 0 Å². The molecule has 0 aromatic carbocycles. The molecule has 0 spiro atoms. The molecular weight excluding hydrogens is 208 g/mol. The SMILES string of the molecule is C=CC(O)CSOSCC(O)C=C. The van der Waals surface area contributed by atoms with Gasteiger partial charge in [0.05, 0.1) is 23.7 Å². The number of hydrogen-bond acceptors (Lipinski definition) is 5. The summed E-state index contributed by atoms with van der Waals surface area (Å²) in [6.07, 6.45) is 1.80. The molecule has 0 amide bonds. The molecule has 2 unspecified atom stereocenters. The first-order valence-corrected chi connectivity index (χ1v) is 5.55. The van der Waals surface area contributed by atoms with Gasteiger partial charge in [-0.2, -0.15) is 0 Å². The van der Waals surface area contributed by atoms with E-state index >= 15 is 0 Å². The van der Waals surface area contributed by atoms with E-state index in [0.717, 1.165) is 24.1 Å². The Labute approximate surface area is 87.3 Å². The van der Waals surface area contributed by atoms with Gasteiger partial charge in [0.2, 0.25) is 0 Å². The summed E-state index contributed by atoms with van der Waals surface area (Å²) in [5.41, 5.74) is 0. The van der Waals surface area contributed by atoms with Crippen molar-refractivity contribution in [3.63, 3.8) is 0 Å². The molecule has 13 heavy (non-hydrogen) atoms. The van der Waals surface area contributed by atoms with Crippen molar-refractivity contribution in [1.82, 2.24) is 0 Å². The summed E-state index contributed by atoms with van der Waals surface area (Å²) in [5.74, 6) is 0.890. The molecule has 0 aliphatic rings. The molecule has 76 valence electrons. The van der Waals surface area contributed by atoms with Crippen LogP contribution in [0.15, 0.2) is 25.3 Å². The summed E-state index contributed by atoms with van der Waals surface area (Å²) >= 11 is 2.27. The maximum absolute atomic E-state index is 9.02. The Bertz CT molecular complexity index is 136. The van der Waals surface area contributed by atoms with Crippen LogP contribution >= 0.6 is 24.1 Å². The highest BCUT2D eigenvalue weighted by atomic mass is 32.2. The molecule has 0 aliphatic carbocycles. The lowest BCUT2D eigenvalue weighted by atomic mass is 10.4. The molecule has 2 N–H and O–H groups in total. The molecule has 0 saturated carbocycles. The van der Waals surface area contributed by atoms with E-state index in [-0.39, 0.29) is 0 Å². The van der Waals surface area contributed by atoms with E-state index in [0.29, 0.717) is 11.5 Å². The molecule has 3 nitrogen and oxygen atoms in total. The number of rotatable bonds is 8. The van der Waals surface area contributed by atoms with E-state index in [1.54, 1.807) is 0 Å². The van der Waals surface area contributed by atoms with Crippen molar-refractivity contribution >= 4 is 24.1 Å². The minimum Gasteiger partial charge on any atom is -0.388 e. The lowest BCUT2D eigenvalue weighted by molar-refractivity contribution is 0.247. The topological polar surface area (TPSA) is 49.7 Å². The van der Waals surface area contributed by atoms with Gasteiger partial charge in [-0.15, -0.1) is 13.2 Å². The first-order chi connectivity index (χ1) is 6.20. The third-order valence-electron chi connectivity index (χ3n) is 1.12. The molecule has 0 rings (SSSR count). The zero-order valence-electron chi connectivity index (χ0n) is 7.26. The standard InChI is InChI=1S/C8H14O3S2/c1-3-7(9)5-12-11-13-6-8(10)4-2/h3-4,7-10H,1-2,5-6H2. The van der Waals surface area contributed by atoms with Crippen LogP contribution in [0.25, 0.3) is 0 Å². The van der Waals surface area contributed by atoms with E-state index in [4.69, 9.17) is 13.8 Å². The van der Waals surface area contributed by atoms with Gasteiger partial charge in [0, 0.05) is 24.1 Å². The minimum absolute atomic E-state index is 0.445. The molecule has 0 aliphatic heterocycles. The molecule has 0 fully saturated rings. The largest absolute Gasteiger partial charge is 0.388 e. The van der Waals surface area contributed by atoms with E-state index < -0.39 is 12.2 Å². The van der Waals surface area contributed by atoms with Crippen molar-refractivity contribution < 1.29 is 13.8 Å². The molecule has 0 aromatic heterocycles. The highest BCUT2D eigenvalue weighted by Gasteiger charge is 2.01. The summed E-state index contributed by atoms with van der Waals surface area (Å²) in [7, 11) is 0. The Kier molecular flexibility index (Phi) is 8.69. The molecule has 0 heterocycles. The predicted molar refractivity (Wildman–Crippen MR) is 58.4 cm³/mol. The van der Waals surface area contributed by atoms with Gasteiger partial charge in [-0.1, -0.05) is 12.2 Å². The normalized spacial score (nSPS) is 14.9. The molecular formula is C8H14O3S2. The van der Waals surface area contributed by atoms with Crippen LogP contribution in [0.1, 0.15) is 0 Å². The lowest BCUT2D eigenvalue weighted by Crippen LogP contribution is -2.06. The van der Waals surface area contributed by atoms with Gasteiger partial charge in [-0.05, 0) is 0 Å². The Hall–Kier alpha value is 0.0600. The summed E-state index contributed by atoms with van der Waals surface area (Å²) in [5, 5.41) is 18.0. The van der Waals surface area contributed by atoms with Crippen molar-refractivity contribution in [2.75, 3.05) is 11.5 Å². The molecule has 0 radical (unpaired) electrons. The van der Waals surface area contributed by atoms with Crippen molar-refractivity contribution in [3.05, 3.63) is 25.3 Å². The second kappa shape index (κ2) is 8.65. The zero-order valence-corrected chi connectivity index (χ0v) is 8.89. The fourth-order valence-electron chi connectivity index (χ4n) is 0.365. The van der Waals surface area contributed by atoms with Gasteiger partial charge in [0.25, 0.3) is 0 Å². The molecule has 5 heteroatoms. The van der Waals surface area contributed by atoms with Gasteiger partial charge in [0.1, 0.15) is 0 Å². The van der Waals surface area contributed by atoms with Crippen LogP contribution in [-0.4, -0.2) is 33.9 Å². The van der Waals surface area contributed by atoms with Crippen LogP contribution < -0.4 is 0 Å². The van der Waals surface area contributed by atoms with Crippen molar-refractivity contribution in [1.29, 1.82) is 0 Å². The third kappa shape index (κ3) is 8.39. The number of aliphatic hydroxyl groups is 2. The third-order valence-corrected chi connectivity index (χ3v) is 2.84. The summed E-state index contributed by atoms with van der Waals surface area (Å²) in [6, 6.07) is 0. The van der Waals surface area contributed by atoms with E-state index in [9.17, 15) is 0 Å². The quantitative estimate of drug-likeness (QED) is 0.369. The molecule has 0 bridgehead atoms. The molecule has 2 atom stereocenters. The maximum atomic E-state index is 9.02. The average Bonchev–Trinajstić information content (AvgIpc) is 2.16. The van der Waals surface area contributed by atoms with Gasteiger partial charge >= 0.3 is 0 Å². The first kappa shape index (κ1) is 13.1. The van der Waals surface area contributed by atoms with Crippen LogP contribution in [0.4, 0.5) is 0 Å². The fraction of sp³-hybridized carbons (Fsp3) is 0.500. The highest BCUT2D eigenvalue weighted by Crippen LogP contribution is 2.16. The smallest absolute Gasteiger partial charge is 0.0831 e. The van der Waals surface area contributed by atoms with Gasteiger partial charge in [-0.25, -0.2) is 3.63 Å². The Morgan fingerprint density at radius 1 is 1.08 bits per heavy atom. The second-order valence-electron chi connectivity index (χ2n) is 2.24. The van der Waals surface area contributed by atoms with Crippen LogP contribution in [0, 0.1) is 0 Å². The average molecular weight is 222 g/mol. The van der Waals surface area contributed by atoms with Crippen LogP contribution in [0.5, 0.6) is 0 Å². The predicted octanol–water partition coefficient (Wildman–Crippen LogP) is 1.39. The van der Waals surface area contributed by atoms with E-state index in [2.05, 4.69) is 13.2 Å². The van der Waals surface area contributed by atoms with Crippen LogP contribution in [-0.2, 0) is 3.63 Å². The van der Waals surface area contributed by atoms with E-state index in [1.807, 2.05) is 0 Å². The van der Waals surface area contributed by atoms with Crippen molar-refractivity contribution in [3.8, 4) is 0 Å². The van der Waals surface area contributed by atoms with Gasteiger partial charge < -0.3 is 10.2 Å². The monoisotopic (exact) mass is 222 g/mol. The van der Waals surface area contributed by atoms with Crippen LogP contribution in [0.2, 0.25) is 0 Å². The molecule has 0 saturated heterocycles. The number of aliphatic hydroxyl groups excluding tert-OH is 2. The Morgan fingerprint density at radius 3 is 1.77 bits per heavy atom. The van der Waals surface area contributed by atoms with E-state index in [1.165, 1.54) is 12.2 Å². The lowest BCUT2D eigenvalue weighted by Gasteiger charge is -2.05. The fourth-order valence-corrected chi connectivity index (χ4v) is 1.63. The van der Waals surface area contributed by atoms with Gasteiger partial charge in [-0.3, -0.25) is 0 Å². The van der Waals surface area contributed by atoms with Crippen molar-refractivity contribution in [2.45, 2.75) is 12.2 Å². The highest BCUT2D eigenvalue weighted by molar-refractivity contribution is 8.07.